The number of hydrogen-bond acceptors (Lipinski definition) is 5. The summed E-state index contributed by atoms with van der Waals surface area (Å²) in [6, 6.07) is 4.34. The first-order valence-electron chi connectivity index (χ1n) is 10.1. The maximum Gasteiger partial charge on any atom is 0.409 e. The van der Waals surface area contributed by atoms with Crippen molar-refractivity contribution in [2.24, 2.45) is 0 Å². The molecule has 8 nitrogen and oxygen atoms in total. The molecule has 0 radical (unpaired) electrons. The van der Waals surface area contributed by atoms with Crippen molar-refractivity contribution in [3.05, 3.63) is 53.6 Å². The number of carbonyl (C=O) groups excluding carboxylic acids is 2. The molecule has 1 aromatic carbocycles. The monoisotopic (exact) mass is 462 g/mol. The molecule has 174 valence electrons. The standard InChI is InChI=1S/C22H21F3N4O4/c1-12(30)26-14-8-16(24)20(17(25)9-14)21-18(29-4-3-13(23)7-19(29)27-21)10-15-11-28(5-6-33-15)22(31)32-2/h3-4,7-9,15H,5-6,10-11H2,1-2H3,(H,26,30)/t15-/m0/s1. The summed E-state index contributed by atoms with van der Waals surface area (Å²) in [6.07, 6.45) is 0.543. The Labute approximate surface area is 186 Å². The third-order valence-corrected chi connectivity index (χ3v) is 5.28. The van der Waals surface area contributed by atoms with Crippen LogP contribution in [0.25, 0.3) is 16.9 Å². The first kappa shape index (κ1) is 22.6. The van der Waals surface area contributed by atoms with Gasteiger partial charge < -0.3 is 24.1 Å². The van der Waals surface area contributed by atoms with Crippen molar-refractivity contribution in [1.82, 2.24) is 14.3 Å². The number of nitrogens with one attached hydrogen (secondary N) is 1. The minimum Gasteiger partial charge on any atom is -0.453 e. The van der Waals surface area contributed by atoms with Crippen molar-refractivity contribution in [1.29, 1.82) is 0 Å². The van der Waals surface area contributed by atoms with E-state index in [0.717, 1.165) is 18.2 Å². The zero-order valence-electron chi connectivity index (χ0n) is 17.9. The Morgan fingerprint density at radius 2 is 1.97 bits per heavy atom. The molecule has 0 aliphatic carbocycles. The van der Waals surface area contributed by atoms with Crippen LogP contribution in [0.2, 0.25) is 0 Å². The largest absolute Gasteiger partial charge is 0.453 e. The lowest BCUT2D eigenvalue weighted by Crippen LogP contribution is -2.46. The Morgan fingerprint density at radius 3 is 2.64 bits per heavy atom. The molecule has 33 heavy (non-hydrogen) atoms. The Kier molecular flexibility index (Phi) is 6.23. The van der Waals surface area contributed by atoms with Gasteiger partial charge in [0.15, 0.2) is 0 Å². The number of halogens is 3. The summed E-state index contributed by atoms with van der Waals surface area (Å²) in [5, 5.41) is 2.34. The van der Waals surface area contributed by atoms with Crippen LogP contribution in [0, 0.1) is 17.5 Å². The van der Waals surface area contributed by atoms with Gasteiger partial charge in [0, 0.05) is 37.8 Å². The number of fused-ring (bicyclic) bond motifs is 1. The van der Waals surface area contributed by atoms with Crippen LogP contribution in [0.3, 0.4) is 0 Å². The fourth-order valence-corrected chi connectivity index (χ4v) is 3.89. The molecule has 1 N–H and O–H groups in total. The minimum atomic E-state index is -0.940. The second kappa shape index (κ2) is 9.10. The number of methoxy groups -OCH3 is 1. The number of nitrogens with zero attached hydrogens (tertiary/aromatic N) is 3. The third kappa shape index (κ3) is 4.63. The highest BCUT2D eigenvalue weighted by Crippen LogP contribution is 2.33. The number of aromatic nitrogens is 2. The van der Waals surface area contributed by atoms with Crippen molar-refractivity contribution in [3.8, 4) is 11.3 Å². The van der Waals surface area contributed by atoms with Gasteiger partial charge in [0.05, 0.1) is 43.3 Å². The van der Waals surface area contributed by atoms with Gasteiger partial charge in [0.25, 0.3) is 0 Å². The molecule has 1 atom stereocenters. The van der Waals surface area contributed by atoms with Crippen molar-refractivity contribution in [2.45, 2.75) is 19.4 Å². The lowest BCUT2D eigenvalue weighted by atomic mass is 10.0. The number of rotatable bonds is 4. The average Bonchev–Trinajstić information content (AvgIpc) is 3.09. The second-order valence-corrected chi connectivity index (χ2v) is 7.59. The molecule has 3 heterocycles. The SMILES string of the molecule is COC(=O)N1CCO[C@@H](Cc2c(-c3c(F)cc(NC(C)=O)cc3F)nc3cc(F)ccn23)C1. The number of imidazole rings is 1. The maximum absolute atomic E-state index is 15.0. The lowest BCUT2D eigenvalue weighted by Gasteiger charge is -2.32. The van der Waals surface area contributed by atoms with E-state index in [9.17, 15) is 14.0 Å². The summed E-state index contributed by atoms with van der Waals surface area (Å²) in [4.78, 5) is 28.9. The Bertz CT molecular complexity index is 1210. The van der Waals surface area contributed by atoms with Crippen LogP contribution in [0.15, 0.2) is 30.5 Å². The van der Waals surface area contributed by atoms with Crippen LogP contribution < -0.4 is 5.32 Å². The summed E-state index contributed by atoms with van der Waals surface area (Å²) in [5.74, 6) is -2.91. The highest BCUT2D eigenvalue weighted by atomic mass is 19.1. The smallest absolute Gasteiger partial charge is 0.409 e. The predicted molar refractivity (Wildman–Crippen MR) is 112 cm³/mol. The van der Waals surface area contributed by atoms with E-state index >= 15 is 8.78 Å². The zero-order chi connectivity index (χ0) is 23.7. The highest BCUT2D eigenvalue weighted by molar-refractivity contribution is 5.89. The lowest BCUT2D eigenvalue weighted by molar-refractivity contribution is -0.114. The van der Waals surface area contributed by atoms with Crippen LogP contribution >= 0.6 is 0 Å². The molecule has 1 aliphatic heterocycles. The Morgan fingerprint density at radius 1 is 1.24 bits per heavy atom. The maximum atomic E-state index is 15.0. The van der Waals surface area contributed by atoms with Gasteiger partial charge in [-0.3, -0.25) is 4.79 Å². The number of carbonyl (C=O) groups is 2. The molecule has 0 spiro atoms. The van der Waals surface area contributed by atoms with Gasteiger partial charge in [0.2, 0.25) is 5.91 Å². The molecule has 4 rings (SSSR count). The van der Waals surface area contributed by atoms with E-state index in [2.05, 4.69) is 10.3 Å². The average molecular weight is 462 g/mol. The number of ether oxygens (including phenoxy) is 2. The summed E-state index contributed by atoms with van der Waals surface area (Å²) in [5.41, 5.74) is 0.0618. The molecule has 0 saturated carbocycles. The molecule has 0 unspecified atom stereocenters. The van der Waals surface area contributed by atoms with Crippen LogP contribution in [0.5, 0.6) is 0 Å². The summed E-state index contributed by atoms with van der Waals surface area (Å²) in [7, 11) is 1.28. The van der Waals surface area contributed by atoms with Crippen LogP contribution in [0.1, 0.15) is 12.6 Å². The molecule has 3 aromatic rings. The van der Waals surface area contributed by atoms with Crippen molar-refractivity contribution < 1.29 is 32.2 Å². The number of anilines is 1. The minimum absolute atomic E-state index is 0.0243. The third-order valence-electron chi connectivity index (χ3n) is 5.28. The van der Waals surface area contributed by atoms with E-state index in [1.807, 2.05) is 0 Å². The summed E-state index contributed by atoms with van der Waals surface area (Å²) in [6.45, 7) is 2.03. The van der Waals surface area contributed by atoms with E-state index < -0.39 is 41.1 Å². The van der Waals surface area contributed by atoms with Gasteiger partial charge in [-0.1, -0.05) is 0 Å². The first-order chi connectivity index (χ1) is 15.8. The van der Waals surface area contributed by atoms with Crippen LogP contribution in [-0.4, -0.2) is 59.2 Å². The second-order valence-electron chi connectivity index (χ2n) is 7.59. The Balaban J connectivity index is 1.78. The predicted octanol–water partition coefficient (Wildman–Crippen LogP) is 3.39. The molecular weight excluding hydrogens is 441 g/mol. The van der Waals surface area contributed by atoms with Crippen molar-refractivity contribution in [3.63, 3.8) is 0 Å². The fraction of sp³-hybridized carbons (Fsp3) is 0.318. The number of hydrogen-bond donors (Lipinski definition) is 1. The molecule has 2 aromatic heterocycles. The van der Waals surface area contributed by atoms with E-state index in [1.54, 1.807) is 0 Å². The van der Waals surface area contributed by atoms with Gasteiger partial charge in [0.1, 0.15) is 23.1 Å². The normalized spacial score (nSPS) is 16.2. The summed E-state index contributed by atoms with van der Waals surface area (Å²) < 4.78 is 55.9. The topological polar surface area (TPSA) is 85.2 Å². The Hall–Kier alpha value is -3.60. The number of benzene rings is 1. The molecule has 0 bridgehead atoms. The van der Waals surface area contributed by atoms with Gasteiger partial charge in [-0.25, -0.2) is 22.9 Å². The van der Waals surface area contributed by atoms with Gasteiger partial charge >= 0.3 is 6.09 Å². The van der Waals surface area contributed by atoms with Crippen molar-refractivity contribution in [2.75, 3.05) is 32.1 Å². The van der Waals surface area contributed by atoms with Gasteiger partial charge in [-0.05, 0) is 18.2 Å². The molecule has 1 saturated heterocycles. The van der Waals surface area contributed by atoms with Crippen molar-refractivity contribution >= 4 is 23.3 Å². The van der Waals surface area contributed by atoms with E-state index in [-0.39, 0.29) is 36.6 Å². The molecular formula is C22H21F3N4O4. The van der Waals surface area contributed by atoms with E-state index in [0.29, 0.717) is 12.2 Å². The zero-order valence-corrected chi connectivity index (χ0v) is 17.9. The molecule has 1 aliphatic rings. The number of amides is 2. The fourth-order valence-electron chi connectivity index (χ4n) is 3.89. The van der Waals surface area contributed by atoms with Crippen LogP contribution in [-0.2, 0) is 20.7 Å². The molecule has 11 heteroatoms. The van der Waals surface area contributed by atoms with Gasteiger partial charge in [-0.15, -0.1) is 0 Å². The van der Waals surface area contributed by atoms with Gasteiger partial charge in [-0.2, -0.15) is 0 Å². The quantitative estimate of drug-likeness (QED) is 0.643. The first-order valence-corrected chi connectivity index (χ1v) is 10.1. The van der Waals surface area contributed by atoms with Crippen LogP contribution in [0.4, 0.5) is 23.7 Å². The number of pyridine rings is 1. The van der Waals surface area contributed by atoms with E-state index in [4.69, 9.17) is 9.47 Å². The molecule has 1 fully saturated rings. The highest BCUT2D eigenvalue weighted by Gasteiger charge is 2.29. The molecule has 2 amide bonds. The van der Waals surface area contributed by atoms with E-state index in [1.165, 1.54) is 35.6 Å². The summed E-state index contributed by atoms with van der Waals surface area (Å²) >= 11 is 0. The number of morpholine rings is 1.